The molecule has 3 aromatic heterocycles. The van der Waals surface area contributed by atoms with Crippen molar-refractivity contribution in [3.8, 4) is 22.4 Å². The lowest BCUT2D eigenvalue weighted by Gasteiger charge is -2.33. The highest BCUT2D eigenvalue weighted by molar-refractivity contribution is 6.00. The Kier molecular flexibility index (Phi) is 6.90. The van der Waals surface area contributed by atoms with Gasteiger partial charge in [-0.15, -0.1) is 0 Å². The summed E-state index contributed by atoms with van der Waals surface area (Å²) >= 11 is 0. The van der Waals surface area contributed by atoms with Crippen LogP contribution in [0.5, 0.6) is 0 Å². The summed E-state index contributed by atoms with van der Waals surface area (Å²) in [6, 6.07) is 9.91. The van der Waals surface area contributed by atoms with Crippen molar-refractivity contribution < 1.29 is 18.7 Å². The van der Waals surface area contributed by atoms with Crippen LogP contribution in [0.3, 0.4) is 0 Å². The number of hydrogen-bond acceptors (Lipinski definition) is 7. The van der Waals surface area contributed by atoms with Gasteiger partial charge < -0.3 is 15.4 Å². The predicted octanol–water partition coefficient (Wildman–Crippen LogP) is 4.12. The quantitative estimate of drug-likeness (QED) is 0.383. The highest BCUT2D eigenvalue weighted by Crippen LogP contribution is 2.35. The Hall–Kier alpha value is -4.18. The Morgan fingerprint density at radius 3 is 2.37 bits per heavy atom. The number of aromatic nitrogens is 4. The molecule has 1 fully saturated rings. The number of likely N-dealkylation sites (tertiary alicyclic amines) is 1. The van der Waals surface area contributed by atoms with Crippen molar-refractivity contribution >= 4 is 23.2 Å². The number of hydrogen-bond donors (Lipinski definition) is 1. The van der Waals surface area contributed by atoms with Gasteiger partial charge in [-0.25, -0.2) is 9.37 Å². The number of rotatable bonds is 6. The topological polar surface area (TPSA) is 116 Å². The molecule has 0 bridgehead atoms. The van der Waals surface area contributed by atoms with E-state index in [0.717, 1.165) is 16.7 Å². The number of ketones is 1. The van der Waals surface area contributed by atoms with Crippen molar-refractivity contribution in [1.82, 2.24) is 24.5 Å². The molecule has 1 amide bonds. The zero-order valence-corrected chi connectivity index (χ0v) is 21.5. The molecule has 38 heavy (non-hydrogen) atoms. The average Bonchev–Trinajstić information content (AvgIpc) is 3.37. The van der Waals surface area contributed by atoms with E-state index >= 15 is 0 Å². The van der Waals surface area contributed by atoms with E-state index in [-0.39, 0.29) is 29.2 Å². The van der Waals surface area contributed by atoms with Crippen LogP contribution in [0.2, 0.25) is 0 Å². The van der Waals surface area contributed by atoms with Gasteiger partial charge in [0, 0.05) is 49.0 Å². The molecule has 5 rings (SSSR count). The minimum atomic E-state index is -0.498. The second-order valence-electron chi connectivity index (χ2n) is 9.52. The van der Waals surface area contributed by atoms with E-state index in [0.29, 0.717) is 48.5 Å². The van der Waals surface area contributed by atoms with Crippen LogP contribution in [0.4, 0.5) is 10.2 Å². The smallest absolute Gasteiger partial charge is 0.251 e. The lowest BCUT2D eigenvalue weighted by atomic mass is 9.89. The van der Waals surface area contributed by atoms with Gasteiger partial charge in [0.25, 0.3) is 5.91 Å². The van der Waals surface area contributed by atoms with E-state index in [9.17, 15) is 14.0 Å². The predicted molar refractivity (Wildman–Crippen MR) is 141 cm³/mol. The first-order valence-electron chi connectivity index (χ1n) is 12.5. The Balaban J connectivity index is 1.49. The molecule has 4 heterocycles. The number of piperidine rings is 1. The standard InChI is InChI=1S/C28H29FN6O3/c1-16(36)24-25(19-10-12-34(13-11-19)28(37)17(2)38-3)33-27-22(15-32-35(27)26(24)30)20-6-9-23(31-14-20)18-4-7-21(29)8-5-18/h4-9,14-15,17,19H,10-13,30H2,1-3H3/t17-/m1/s1. The number of halogens is 1. The number of carbonyl (C=O) groups excluding carboxylic acids is 2. The van der Waals surface area contributed by atoms with Crippen LogP contribution >= 0.6 is 0 Å². The molecule has 0 radical (unpaired) electrons. The van der Waals surface area contributed by atoms with Gasteiger partial charge in [-0.3, -0.25) is 14.6 Å². The molecule has 4 aromatic rings. The monoisotopic (exact) mass is 516 g/mol. The number of pyridine rings is 1. The maximum Gasteiger partial charge on any atom is 0.251 e. The van der Waals surface area contributed by atoms with Gasteiger partial charge in [-0.05, 0) is 57.0 Å². The molecule has 0 unspecified atom stereocenters. The fraction of sp³-hybridized carbons (Fsp3) is 0.321. The molecule has 0 aliphatic carbocycles. The van der Waals surface area contributed by atoms with Crippen LogP contribution in [0.25, 0.3) is 28.0 Å². The van der Waals surface area contributed by atoms with Crippen LogP contribution in [-0.4, -0.2) is 62.5 Å². The third kappa shape index (κ3) is 4.63. The minimum absolute atomic E-state index is 0.0372. The van der Waals surface area contributed by atoms with Gasteiger partial charge in [-0.2, -0.15) is 9.61 Å². The minimum Gasteiger partial charge on any atom is -0.383 e. The number of carbonyl (C=O) groups is 2. The van der Waals surface area contributed by atoms with Crippen molar-refractivity contribution in [2.24, 2.45) is 0 Å². The number of amides is 1. The van der Waals surface area contributed by atoms with Gasteiger partial charge in [0.05, 0.1) is 23.1 Å². The zero-order chi connectivity index (χ0) is 27.0. The van der Waals surface area contributed by atoms with E-state index in [1.807, 2.05) is 12.1 Å². The summed E-state index contributed by atoms with van der Waals surface area (Å²) in [5.41, 5.74) is 11.0. The van der Waals surface area contributed by atoms with Crippen molar-refractivity contribution in [1.29, 1.82) is 0 Å². The molecule has 196 valence electrons. The molecule has 9 nitrogen and oxygen atoms in total. The van der Waals surface area contributed by atoms with Crippen LogP contribution in [-0.2, 0) is 9.53 Å². The second kappa shape index (κ2) is 10.3. The van der Waals surface area contributed by atoms with Crippen molar-refractivity contribution in [2.75, 3.05) is 25.9 Å². The SMILES string of the molecule is CO[C@H](C)C(=O)N1CCC(c2nc3c(-c4ccc(-c5ccc(F)cc5)nc4)cnn3c(N)c2C(C)=O)CC1. The van der Waals surface area contributed by atoms with Crippen molar-refractivity contribution in [3.05, 3.63) is 65.9 Å². The van der Waals surface area contributed by atoms with Gasteiger partial charge >= 0.3 is 0 Å². The molecule has 0 spiro atoms. The molecular formula is C28H29FN6O3. The second-order valence-corrected chi connectivity index (χ2v) is 9.52. The Morgan fingerprint density at radius 1 is 1.08 bits per heavy atom. The number of fused-ring (bicyclic) bond motifs is 1. The lowest BCUT2D eigenvalue weighted by molar-refractivity contribution is -0.142. The molecule has 1 aromatic carbocycles. The van der Waals surface area contributed by atoms with E-state index in [1.165, 1.54) is 30.7 Å². The molecule has 1 aliphatic rings. The van der Waals surface area contributed by atoms with E-state index < -0.39 is 6.10 Å². The van der Waals surface area contributed by atoms with Gasteiger partial charge in [0.2, 0.25) is 0 Å². The van der Waals surface area contributed by atoms with Crippen molar-refractivity contribution in [2.45, 2.75) is 38.7 Å². The Bertz CT molecular complexity index is 1490. The maximum absolute atomic E-state index is 13.3. The van der Waals surface area contributed by atoms with E-state index in [1.54, 1.807) is 36.4 Å². The lowest BCUT2D eigenvalue weighted by Crippen LogP contribution is -2.43. The molecule has 0 saturated carbocycles. The van der Waals surface area contributed by atoms with Crippen molar-refractivity contribution in [3.63, 3.8) is 0 Å². The molecule has 1 atom stereocenters. The van der Waals surface area contributed by atoms with Gasteiger partial charge in [0.15, 0.2) is 11.4 Å². The number of ether oxygens (including phenoxy) is 1. The Morgan fingerprint density at radius 2 is 1.76 bits per heavy atom. The summed E-state index contributed by atoms with van der Waals surface area (Å²) in [5, 5.41) is 4.42. The first-order chi connectivity index (χ1) is 18.3. The van der Waals surface area contributed by atoms with Gasteiger partial charge in [-0.1, -0.05) is 6.07 Å². The van der Waals surface area contributed by atoms with Crippen LogP contribution in [0.15, 0.2) is 48.8 Å². The summed E-state index contributed by atoms with van der Waals surface area (Å²) in [6.07, 6.45) is 4.19. The zero-order valence-electron chi connectivity index (χ0n) is 21.5. The number of nitrogens with zero attached hydrogens (tertiary/aromatic N) is 5. The number of methoxy groups -OCH3 is 1. The molecular weight excluding hydrogens is 487 g/mol. The number of Topliss-reactive ketones (excluding diaryl/α,β-unsaturated/α-hetero) is 1. The largest absolute Gasteiger partial charge is 0.383 e. The molecule has 10 heteroatoms. The van der Waals surface area contributed by atoms with Crippen LogP contribution in [0.1, 0.15) is 48.7 Å². The molecule has 2 N–H and O–H groups in total. The maximum atomic E-state index is 13.3. The summed E-state index contributed by atoms with van der Waals surface area (Å²) in [5.74, 6) is -0.324. The summed E-state index contributed by atoms with van der Waals surface area (Å²) < 4.78 is 20.0. The highest BCUT2D eigenvalue weighted by Gasteiger charge is 2.31. The van der Waals surface area contributed by atoms with Gasteiger partial charge in [0.1, 0.15) is 17.7 Å². The first kappa shape index (κ1) is 25.5. The fourth-order valence-electron chi connectivity index (χ4n) is 4.97. The summed E-state index contributed by atoms with van der Waals surface area (Å²) in [4.78, 5) is 36.5. The summed E-state index contributed by atoms with van der Waals surface area (Å²) in [7, 11) is 1.52. The van der Waals surface area contributed by atoms with E-state index in [4.69, 9.17) is 15.5 Å². The number of benzene rings is 1. The number of nitrogen functional groups attached to an aromatic ring is 1. The first-order valence-corrected chi connectivity index (χ1v) is 12.5. The number of anilines is 1. The molecule has 1 aliphatic heterocycles. The average molecular weight is 517 g/mol. The normalized spacial score (nSPS) is 15.1. The molecule has 1 saturated heterocycles. The Labute approximate surface area is 219 Å². The van der Waals surface area contributed by atoms with Crippen LogP contribution in [0, 0.1) is 5.82 Å². The highest BCUT2D eigenvalue weighted by atomic mass is 19.1. The fourth-order valence-corrected chi connectivity index (χ4v) is 4.97. The third-order valence-corrected chi connectivity index (χ3v) is 7.17. The van der Waals surface area contributed by atoms with E-state index in [2.05, 4.69) is 10.1 Å². The number of nitrogens with two attached hydrogens (primary N) is 1. The van der Waals surface area contributed by atoms with Crippen LogP contribution < -0.4 is 5.73 Å². The summed E-state index contributed by atoms with van der Waals surface area (Å²) in [6.45, 7) is 4.30. The third-order valence-electron chi connectivity index (χ3n) is 7.17.